The molecule has 1 saturated heterocycles. The minimum Gasteiger partial charge on any atom is -0.480 e. The lowest BCUT2D eigenvalue weighted by molar-refractivity contribution is -0.147. The third kappa shape index (κ3) is 3.19. The molecule has 2 aliphatic rings. The first-order chi connectivity index (χ1) is 11.0. The molecular weight excluding hydrogens is 300 g/mol. The summed E-state index contributed by atoms with van der Waals surface area (Å²) in [6.45, 7) is 0.606. The molecule has 1 aliphatic carbocycles. The lowest BCUT2D eigenvalue weighted by atomic mass is 10.1. The molecular formula is C16H18N2O5. The Balaban J connectivity index is 1.58. The fourth-order valence-corrected chi connectivity index (χ4v) is 2.56. The fourth-order valence-electron chi connectivity index (χ4n) is 2.56. The number of aliphatic carboxylic acids is 1. The Morgan fingerprint density at radius 3 is 2.17 bits per heavy atom. The summed E-state index contributed by atoms with van der Waals surface area (Å²) in [4.78, 5) is 35.0. The monoisotopic (exact) mass is 318 g/mol. The predicted molar refractivity (Wildman–Crippen MR) is 82.0 cm³/mol. The zero-order chi connectivity index (χ0) is 16.4. The predicted octanol–water partition coefficient (Wildman–Crippen LogP) is 1.61. The summed E-state index contributed by atoms with van der Waals surface area (Å²) in [5.41, 5.74) is -0.173. The van der Waals surface area contributed by atoms with E-state index >= 15 is 0 Å². The van der Waals surface area contributed by atoms with Crippen LogP contribution in [0, 0.1) is 5.41 Å². The molecule has 122 valence electrons. The van der Waals surface area contributed by atoms with Gasteiger partial charge in [-0.25, -0.2) is 0 Å². The van der Waals surface area contributed by atoms with Crippen molar-refractivity contribution in [1.29, 1.82) is 0 Å². The molecule has 7 nitrogen and oxygen atoms in total. The Bertz CT molecular complexity index is 630. The Morgan fingerprint density at radius 1 is 1.09 bits per heavy atom. The van der Waals surface area contributed by atoms with Crippen LogP contribution in [0.15, 0.2) is 24.3 Å². The van der Waals surface area contributed by atoms with Crippen molar-refractivity contribution in [2.75, 3.05) is 17.2 Å². The van der Waals surface area contributed by atoms with Gasteiger partial charge in [-0.1, -0.05) is 0 Å². The van der Waals surface area contributed by atoms with Crippen molar-refractivity contribution in [3.05, 3.63) is 24.3 Å². The Labute approximate surface area is 133 Å². The lowest BCUT2D eigenvalue weighted by Gasteiger charge is -2.12. The average molecular weight is 318 g/mol. The molecule has 1 aliphatic heterocycles. The number of ether oxygens (including phenoxy) is 1. The number of hydrogen-bond acceptors (Lipinski definition) is 4. The van der Waals surface area contributed by atoms with Crippen molar-refractivity contribution in [3.63, 3.8) is 0 Å². The number of benzene rings is 1. The molecule has 1 atom stereocenters. The Kier molecular flexibility index (Phi) is 4.04. The topological polar surface area (TPSA) is 105 Å². The molecule has 1 heterocycles. The molecule has 23 heavy (non-hydrogen) atoms. The van der Waals surface area contributed by atoms with E-state index in [0.717, 1.165) is 12.8 Å². The summed E-state index contributed by atoms with van der Waals surface area (Å²) >= 11 is 0. The highest BCUT2D eigenvalue weighted by Gasteiger charge is 2.57. The van der Waals surface area contributed by atoms with Crippen LogP contribution in [0.1, 0.15) is 25.7 Å². The molecule has 3 rings (SSSR count). The maximum atomic E-state index is 12.0. The summed E-state index contributed by atoms with van der Waals surface area (Å²) in [5.74, 6) is -1.77. The van der Waals surface area contributed by atoms with Crippen LogP contribution in [-0.4, -0.2) is 35.6 Å². The molecule has 0 aromatic heterocycles. The smallest absolute Gasteiger partial charge is 0.319 e. The Hall–Kier alpha value is -2.41. The van der Waals surface area contributed by atoms with E-state index in [-0.39, 0.29) is 5.91 Å². The van der Waals surface area contributed by atoms with Gasteiger partial charge in [-0.3, -0.25) is 14.4 Å². The molecule has 2 amide bonds. The summed E-state index contributed by atoms with van der Waals surface area (Å²) in [5, 5.41) is 14.4. The van der Waals surface area contributed by atoms with Crippen molar-refractivity contribution < 1.29 is 24.2 Å². The highest BCUT2D eigenvalue weighted by Crippen LogP contribution is 2.46. The van der Waals surface area contributed by atoms with Gasteiger partial charge >= 0.3 is 5.97 Å². The second kappa shape index (κ2) is 6.00. The second-order valence-corrected chi connectivity index (χ2v) is 5.91. The van der Waals surface area contributed by atoms with Gasteiger partial charge in [0.05, 0.1) is 0 Å². The SMILES string of the molecule is O=C(Nc1ccc(NC(=O)C2(C(=O)O)CC2)cc1)[C@H]1CCCO1. The number of nitrogens with one attached hydrogen (secondary N) is 2. The number of amides is 2. The number of rotatable bonds is 5. The highest BCUT2D eigenvalue weighted by atomic mass is 16.5. The molecule has 7 heteroatoms. The van der Waals surface area contributed by atoms with Crippen molar-refractivity contribution in [2.24, 2.45) is 5.41 Å². The fraction of sp³-hybridized carbons (Fsp3) is 0.438. The van der Waals surface area contributed by atoms with Crippen LogP contribution in [0.5, 0.6) is 0 Å². The number of anilines is 2. The standard InChI is InChI=1S/C16H18N2O5/c19-13(12-2-1-9-23-12)17-10-3-5-11(6-4-10)18-14(20)16(7-8-16)15(21)22/h3-6,12H,1-2,7-9H2,(H,17,19)(H,18,20)(H,21,22)/t12-/m1/s1. The molecule has 1 aromatic rings. The van der Waals surface area contributed by atoms with Crippen LogP contribution in [-0.2, 0) is 19.1 Å². The Morgan fingerprint density at radius 2 is 1.70 bits per heavy atom. The third-order valence-corrected chi connectivity index (χ3v) is 4.23. The normalized spacial score (nSPS) is 21.5. The van der Waals surface area contributed by atoms with Gasteiger partial charge in [0.1, 0.15) is 11.5 Å². The summed E-state index contributed by atoms with van der Waals surface area (Å²) in [6, 6.07) is 6.56. The zero-order valence-corrected chi connectivity index (χ0v) is 12.5. The quantitative estimate of drug-likeness (QED) is 0.715. The van der Waals surface area contributed by atoms with Crippen LogP contribution in [0.3, 0.4) is 0 Å². The summed E-state index contributed by atoms with van der Waals surface area (Å²) < 4.78 is 5.31. The summed E-state index contributed by atoms with van der Waals surface area (Å²) in [7, 11) is 0. The minimum absolute atomic E-state index is 0.179. The number of carbonyl (C=O) groups is 3. The van der Waals surface area contributed by atoms with E-state index in [9.17, 15) is 14.4 Å². The van der Waals surface area contributed by atoms with E-state index in [2.05, 4.69) is 10.6 Å². The second-order valence-electron chi connectivity index (χ2n) is 5.91. The van der Waals surface area contributed by atoms with Crippen molar-refractivity contribution >= 4 is 29.2 Å². The maximum Gasteiger partial charge on any atom is 0.319 e. The molecule has 0 unspecified atom stereocenters. The van der Waals surface area contributed by atoms with Crippen LogP contribution < -0.4 is 10.6 Å². The van der Waals surface area contributed by atoms with Gasteiger partial charge in [0.25, 0.3) is 5.91 Å². The van der Waals surface area contributed by atoms with Crippen LogP contribution in [0.2, 0.25) is 0 Å². The molecule has 0 bridgehead atoms. The molecule has 1 saturated carbocycles. The largest absolute Gasteiger partial charge is 0.480 e. The first-order valence-corrected chi connectivity index (χ1v) is 7.59. The number of carboxylic acids is 1. The third-order valence-electron chi connectivity index (χ3n) is 4.23. The number of carbonyl (C=O) groups excluding carboxylic acids is 2. The molecule has 0 radical (unpaired) electrons. The van der Waals surface area contributed by atoms with Gasteiger partial charge in [0.15, 0.2) is 0 Å². The average Bonchev–Trinajstić information content (AvgIpc) is 3.17. The van der Waals surface area contributed by atoms with Crippen LogP contribution in [0.25, 0.3) is 0 Å². The van der Waals surface area contributed by atoms with Gasteiger partial charge in [0.2, 0.25) is 5.91 Å². The van der Waals surface area contributed by atoms with E-state index in [0.29, 0.717) is 30.8 Å². The van der Waals surface area contributed by atoms with E-state index in [1.165, 1.54) is 0 Å². The van der Waals surface area contributed by atoms with Gasteiger partial charge < -0.3 is 20.5 Å². The molecule has 0 spiro atoms. The lowest BCUT2D eigenvalue weighted by Crippen LogP contribution is -2.31. The van der Waals surface area contributed by atoms with Gasteiger partial charge in [0, 0.05) is 18.0 Å². The first-order valence-electron chi connectivity index (χ1n) is 7.59. The van der Waals surface area contributed by atoms with Gasteiger partial charge in [-0.15, -0.1) is 0 Å². The first kappa shape index (κ1) is 15.5. The molecule has 3 N–H and O–H groups in total. The van der Waals surface area contributed by atoms with Crippen LogP contribution in [0.4, 0.5) is 11.4 Å². The number of carboxylic acid groups (broad SMARTS) is 1. The van der Waals surface area contributed by atoms with E-state index in [1.54, 1.807) is 24.3 Å². The maximum absolute atomic E-state index is 12.0. The van der Waals surface area contributed by atoms with Gasteiger partial charge in [-0.05, 0) is 49.9 Å². The van der Waals surface area contributed by atoms with E-state index in [4.69, 9.17) is 9.84 Å². The molecule has 1 aromatic carbocycles. The van der Waals surface area contributed by atoms with E-state index < -0.39 is 23.4 Å². The zero-order valence-electron chi connectivity index (χ0n) is 12.5. The number of hydrogen-bond donors (Lipinski definition) is 3. The molecule has 2 fully saturated rings. The van der Waals surface area contributed by atoms with Crippen molar-refractivity contribution in [2.45, 2.75) is 31.8 Å². The van der Waals surface area contributed by atoms with Crippen LogP contribution >= 0.6 is 0 Å². The van der Waals surface area contributed by atoms with Gasteiger partial charge in [-0.2, -0.15) is 0 Å². The highest BCUT2D eigenvalue weighted by molar-refractivity contribution is 6.10. The summed E-state index contributed by atoms with van der Waals surface area (Å²) in [6.07, 6.45) is 1.93. The van der Waals surface area contributed by atoms with Crippen molar-refractivity contribution in [1.82, 2.24) is 0 Å². The minimum atomic E-state index is -1.27. The van der Waals surface area contributed by atoms with Crippen molar-refractivity contribution in [3.8, 4) is 0 Å². The van der Waals surface area contributed by atoms with E-state index in [1.807, 2.05) is 0 Å².